The number of halogens is 1. The fourth-order valence-corrected chi connectivity index (χ4v) is 2.44. The molecular weight excluding hydrogens is 284 g/mol. The third-order valence-corrected chi connectivity index (χ3v) is 4.09. The van der Waals surface area contributed by atoms with Gasteiger partial charge in [0.25, 0.3) is 10.0 Å². The summed E-state index contributed by atoms with van der Waals surface area (Å²) in [6.45, 7) is 0. The van der Waals surface area contributed by atoms with Crippen molar-refractivity contribution in [2.24, 2.45) is 0 Å². The number of hydrogen-bond acceptors (Lipinski definition) is 4. The molecule has 0 heterocycles. The van der Waals surface area contributed by atoms with Crippen LogP contribution in [-0.4, -0.2) is 27.0 Å². The van der Waals surface area contributed by atoms with E-state index in [1.54, 1.807) is 6.07 Å². The summed E-state index contributed by atoms with van der Waals surface area (Å²) in [7, 11) is -1.10. The molecule has 0 aliphatic carbocycles. The van der Waals surface area contributed by atoms with Crippen LogP contribution in [0.15, 0.2) is 27.6 Å². The van der Waals surface area contributed by atoms with Crippen molar-refractivity contribution < 1.29 is 13.3 Å². The molecule has 5 nitrogen and oxygen atoms in total. The van der Waals surface area contributed by atoms with E-state index in [2.05, 4.69) is 20.8 Å². The number of nitrogen functional groups attached to an aromatic ring is 1. The van der Waals surface area contributed by atoms with Crippen molar-refractivity contribution in [3.8, 4) is 0 Å². The van der Waals surface area contributed by atoms with Gasteiger partial charge in [-0.15, -0.1) is 0 Å². The molecule has 84 valence electrons. The van der Waals surface area contributed by atoms with Gasteiger partial charge in [-0.3, -0.25) is 4.84 Å². The second-order valence-corrected chi connectivity index (χ2v) is 5.60. The van der Waals surface area contributed by atoms with Crippen LogP contribution in [0.2, 0.25) is 0 Å². The van der Waals surface area contributed by atoms with E-state index in [-0.39, 0.29) is 10.6 Å². The summed E-state index contributed by atoms with van der Waals surface area (Å²) in [5, 5.41) is 0. The molecule has 0 fully saturated rings. The van der Waals surface area contributed by atoms with Crippen molar-refractivity contribution >= 4 is 31.6 Å². The molecule has 0 saturated heterocycles. The summed E-state index contributed by atoms with van der Waals surface area (Å²) < 4.78 is 25.1. The van der Waals surface area contributed by atoms with Crippen molar-refractivity contribution in [1.82, 2.24) is 4.47 Å². The van der Waals surface area contributed by atoms with Crippen LogP contribution in [0, 0.1) is 0 Å². The second-order valence-electron chi connectivity index (χ2n) is 2.78. The highest BCUT2D eigenvalue weighted by atomic mass is 79.9. The van der Waals surface area contributed by atoms with Crippen molar-refractivity contribution in [2.75, 3.05) is 19.9 Å². The Morgan fingerprint density at radius 3 is 2.53 bits per heavy atom. The molecule has 0 aromatic heterocycles. The molecule has 0 atom stereocenters. The van der Waals surface area contributed by atoms with Crippen LogP contribution in [0.3, 0.4) is 0 Å². The monoisotopic (exact) mass is 294 g/mol. The zero-order chi connectivity index (χ0) is 11.6. The van der Waals surface area contributed by atoms with E-state index in [4.69, 9.17) is 5.73 Å². The fraction of sp³-hybridized carbons (Fsp3) is 0.250. The summed E-state index contributed by atoms with van der Waals surface area (Å²) >= 11 is 3.20. The molecule has 0 unspecified atom stereocenters. The van der Waals surface area contributed by atoms with Gasteiger partial charge in [-0.25, -0.2) is 8.42 Å². The van der Waals surface area contributed by atoms with Gasteiger partial charge in [0.15, 0.2) is 0 Å². The lowest BCUT2D eigenvalue weighted by Gasteiger charge is -2.15. The van der Waals surface area contributed by atoms with Gasteiger partial charge in [0, 0.05) is 11.5 Å². The Bertz CT molecular complexity index is 461. The largest absolute Gasteiger partial charge is 0.398 e. The third-order valence-electron chi connectivity index (χ3n) is 1.85. The Hall–Kier alpha value is -0.630. The first-order valence-corrected chi connectivity index (χ1v) is 6.21. The highest BCUT2D eigenvalue weighted by molar-refractivity contribution is 9.10. The Labute approximate surface area is 97.0 Å². The number of anilines is 1. The third kappa shape index (κ3) is 2.49. The normalized spacial score (nSPS) is 12.0. The van der Waals surface area contributed by atoms with E-state index in [0.717, 1.165) is 8.94 Å². The average Bonchev–Trinajstić information content (AvgIpc) is 2.15. The van der Waals surface area contributed by atoms with Crippen LogP contribution in [0.1, 0.15) is 0 Å². The summed E-state index contributed by atoms with van der Waals surface area (Å²) in [6.07, 6.45) is 0. The second kappa shape index (κ2) is 4.48. The Kier molecular flexibility index (Phi) is 3.72. The number of benzene rings is 1. The lowest BCUT2D eigenvalue weighted by molar-refractivity contribution is -0.0258. The summed E-state index contributed by atoms with van der Waals surface area (Å²) in [6, 6.07) is 4.55. The molecule has 2 N–H and O–H groups in total. The van der Waals surface area contributed by atoms with Gasteiger partial charge in [0.05, 0.1) is 12.8 Å². The van der Waals surface area contributed by atoms with Crippen LogP contribution < -0.4 is 5.73 Å². The van der Waals surface area contributed by atoms with E-state index >= 15 is 0 Å². The van der Waals surface area contributed by atoms with Crippen LogP contribution in [-0.2, 0) is 14.9 Å². The Morgan fingerprint density at radius 2 is 2.07 bits per heavy atom. The van der Waals surface area contributed by atoms with Crippen molar-refractivity contribution in [2.45, 2.75) is 4.90 Å². The molecule has 0 bridgehead atoms. The molecule has 7 heteroatoms. The van der Waals surface area contributed by atoms with Gasteiger partial charge in [-0.05, 0) is 18.2 Å². The lowest BCUT2D eigenvalue weighted by Crippen LogP contribution is -2.26. The summed E-state index contributed by atoms with van der Waals surface area (Å²) in [4.78, 5) is 4.66. The number of hydroxylamine groups is 1. The van der Waals surface area contributed by atoms with Gasteiger partial charge < -0.3 is 5.73 Å². The SMILES string of the molecule is CON(C)S(=O)(=O)c1ccc(Br)cc1N. The number of nitrogens with two attached hydrogens (primary N) is 1. The fourth-order valence-electron chi connectivity index (χ4n) is 0.991. The average molecular weight is 295 g/mol. The zero-order valence-corrected chi connectivity index (χ0v) is 10.7. The summed E-state index contributed by atoms with van der Waals surface area (Å²) in [5.74, 6) is 0. The Morgan fingerprint density at radius 1 is 1.47 bits per heavy atom. The maximum atomic E-state index is 11.8. The molecule has 1 rings (SSSR count). The van der Waals surface area contributed by atoms with E-state index in [1.807, 2.05) is 0 Å². The van der Waals surface area contributed by atoms with Gasteiger partial charge in [0.2, 0.25) is 0 Å². The Balaban J connectivity index is 3.28. The van der Waals surface area contributed by atoms with E-state index in [9.17, 15) is 8.42 Å². The number of sulfonamides is 1. The minimum Gasteiger partial charge on any atom is -0.398 e. The van der Waals surface area contributed by atoms with Crippen molar-refractivity contribution in [3.63, 3.8) is 0 Å². The van der Waals surface area contributed by atoms with E-state index < -0.39 is 10.0 Å². The van der Waals surface area contributed by atoms with Crippen molar-refractivity contribution in [1.29, 1.82) is 0 Å². The first-order chi connectivity index (χ1) is 6.89. The first kappa shape index (κ1) is 12.4. The molecule has 0 saturated carbocycles. The lowest BCUT2D eigenvalue weighted by atomic mass is 10.3. The maximum Gasteiger partial charge on any atom is 0.266 e. The van der Waals surface area contributed by atoms with Gasteiger partial charge >= 0.3 is 0 Å². The quantitative estimate of drug-likeness (QED) is 0.672. The smallest absolute Gasteiger partial charge is 0.266 e. The highest BCUT2D eigenvalue weighted by Gasteiger charge is 2.23. The molecule has 0 spiro atoms. The molecule has 1 aromatic rings. The summed E-state index contributed by atoms with van der Waals surface area (Å²) in [5.41, 5.74) is 5.78. The number of rotatable bonds is 3. The standard InChI is InChI=1S/C8H11BrN2O3S/c1-11(14-2)15(12,13)8-4-3-6(9)5-7(8)10/h3-5H,10H2,1-2H3. The van der Waals surface area contributed by atoms with Gasteiger partial charge in [0.1, 0.15) is 4.90 Å². The number of hydrogen-bond donors (Lipinski definition) is 1. The molecule has 0 amide bonds. The van der Waals surface area contributed by atoms with Crippen LogP contribution >= 0.6 is 15.9 Å². The molecule has 0 aliphatic heterocycles. The van der Waals surface area contributed by atoms with Crippen LogP contribution in [0.25, 0.3) is 0 Å². The van der Waals surface area contributed by atoms with E-state index in [1.165, 1.54) is 26.3 Å². The first-order valence-electron chi connectivity index (χ1n) is 3.97. The molecule has 0 radical (unpaired) electrons. The van der Waals surface area contributed by atoms with Gasteiger partial charge in [-0.1, -0.05) is 20.4 Å². The predicted molar refractivity (Wildman–Crippen MR) is 60.5 cm³/mol. The highest BCUT2D eigenvalue weighted by Crippen LogP contribution is 2.24. The van der Waals surface area contributed by atoms with Crippen molar-refractivity contribution in [3.05, 3.63) is 22.7 Å². The predicted octanol–water partition coefficient (Wildman–Crippen LogP) is 1.21. The molecular formula is C8H11BrN2O3S. The minimum atomic E-state index is -3.67. The van der Waals surface area contributed by atoms with E-state index in [0.29, 0.717) is 0 Å². The molecule has 0 aliphatic rings. The van der Waals surface area contributed by atoms with Crippen LogP contribution in [0.5, 0.6) is 0 Å². The van der Waals surface area contributed by atoms with Crippen LogP contribution in [0.4, 0.5) is 5.69 Å². The molecule has 15 heavy (non-hydrogen) atoms. The topological polar surface area (TPSA) is 72.6 Å². The maximum absolute atomic E-state index is 11.8. The zero-order valence-electron chi connectivity index (χ0n) is 8.27. The van der Waals surface area contributed by atoms with Gasteiger partial charge in [-0.2, -0.15) is 0 Å². The molecule has 1 aromatic carbocycles. The number of nitrogens with zero attached hydrogens (tertiary/aromatic N) is 1. The minimum absolute atomic E-state index is 0.0232.